The van der Waals surface area contributed by atoms with Crippen LogP contribution < -0.4 is 0 Å². The van der Waals surface area contributed by atoms with Gasteiger partial charge in [-0.15, -0.1) is 0 Å². The summed E-state index contributed by atoms with van der Waals surface area (Å²) >= 11 is 0. The third-order valence-electron chi connectivity index (χ3n) is 8.45. The van der Waals surface area contributed by atoms with E-state index in [1.165, 1.54) is 6.92 Å². The largest absolute Gasteiger partial charge is 0.454 e. The van der Waals surface area contributed by atoms with Crippen LogP contribution in [0.25, 0.3) is 0 Å². The molecule has 0 aromatic carbocycles. The number of ether oxygens (including phenoxy) is 3. The molecule has 0 bridgehead atoms. The average Bonchev–Trinajstić information content (AvgIpc) is 3.14. The fourth-order valence-corrected chi connectivity index (χ4v) is 7.28. The minimum Gasteiger partial charge on any atom is -0.454 e. The maximum absolute atomic E-state index is 13.5. The van der Waals surface area contributed by atoms with Gasteiger partial charge in [0.25, 0.3) is 0 Å². The van der Waals surface area contributed by atoms with Crippen molar-refractivity contribution in [2.45, 2.75) is 96.7 Å². The van der Waals surface area contributed by atoms with Crippen LogP contribution in [0, 0.1) is 22.7 Å². The van der Waals surface area contributed by atoms with Crippen molar-refractivity contribution in [2.24, 2.45) is 22.7 Å². The second kappa shape index (κ2) is 6.26. The summed E-state index contributed by atoms with van der Waals surface area (Å²) in [5, 5.41) is 9.95. The molecule has 0 aromatic rings. The van der Waals surface area contributed by atoms with Gasteiger partial charge in [0.1, 0.15) is 0 Å². The molecule has 158 valence electrons. The van der Waals surface area contributed by atoms with E-state index in [1.54, 1.807) is 0 Å². The Bertz CT molecular complexity index is 689. The van der Waals surface area contributed by atoms with Gasteiger partial charge in [0.2, 0.25) is 0 Å². The van der Waals surface area contributed by atoms with E-state index in [2.05, 4.69) is 20.8 Å². The highest BCUT2D eigenvalue weighted by Gasteiger charge is 2.72. The molecular formula is C22H34O6. The molecule has 2 aliphatic carbocycles. The Morgan fingerprint density at radius 1 is 1.18 bits per heavy atom. The van der Waals surface area contributed by atoms with Gasteiger partial charge >= 0.3 is 5.97 Å². The van der Waals surface area contributed by atoms with Crippen LogP contribution in [0.4, 0.5) is 0 Å². The van der Waals surface area contributed by atoms with Gasteiger partial charge in [0.15, 0.2) is 18.2 Å². The number of fused-ring (bicyclic) bond motifs is 2. The van der Waals surface area contributed by atoms with E-state index in [-0.39, 0.29) is 28.4 Å². The van der Waals surface area contributed by atoms with Gasteiger partial charge in [-0.2, -0.15) is 0 Å². The molecule has 1 N–H and O–H groups in total. The van der Waals surface area contributed by atoms with Crippen LogP contribution >= 0.6 is 0 Å². The maximum Gasteiger partial charge on any atom is 0.303 e. The standard InChI is InChI=1S/C22H34O6/c1-13-16(25)17(27-14(2)23)18-19(3,4)7-6-8-20(18,5)22(13)10-9-21(28-22)11-15(24)26-12-21/h13,15,17-18,24H,6-12H2,1-5H3/t13-,15-,17-,18+,20+,21-,22-/m1/s1. The molecule has 7 atom stereocenters. The van der Waals surface area contributed by atoms with Crippen molar-refractivity contribution in [3.8, 4) is 0 Å². The molecule has 28 heavy (non-hydrogen) atoms. The zero-order chi connectivity index (χ0) is 20.5. The number of Topliss-reactive ketones (excluding diaryl/α,β-unsaturated/α-hetero) is 1. The number of esters is 1. The summed E-state index contributed by atoms with van der Waals surface area (Å²) in [7, 11) is 0. The monoisotopic (exact) mass is 394 g/mol. The Morgan fingerprint density at radius 2 is 1.89 bits per heavy atom. The molecule has 2 saturated carbocycles. The molecule has 2 aliphatic heterocycles. The Kier molecular flexibility index (Phi) is 4.54. The van der Waals surface area contributed by atoms with Crippen LogP contribution in [0.5, 0.6) is 0 Å². The SMILES string of the molecule is CC(=O)O[C@@H]1C(=O)[C@@H](C)[C@]2(CC[C@@]3(CO[C@@H](O)C3)O2)[C@@]2(C)CCCC(C)(C)[C@H]12. The third kappa shape index (κ3) is 2.63. The number of hydrogen-bond donors (Lipinski definition) is 1. The van der Waals surface area contributed by atoms with Gasteiger partial charge < -0.3 is 19.3 Å². The summed E-state index contributed by atoms with van der Waals surface area (Å²) in [6, 6.07) is 0. The summed E-state index contributed by atoms with van der Waals surface area (Å²) in [5.74, 6) is -0.890. The summed E-state index contributed by atoms with van der Waals surface area (Å²) in [4.78, 5) is 25.4. The van der Waals surface area contributed by atoms with Gasteiger partial charge in [0.05, 0.1) is 17.8 Å². The molecule has 0 amide bonds. The van der Waals surface area contributed by atoms with E-state index < -0.39 is 29.6 Å². The van der Waals surface area contributed by atoms with Crippen LogP contribution in [0.1, 0.15) is 73.1 Å². The lowest BCUT2D eigenvalue weighted by molar-refractivity contribution is -0.260. The number of aliphatic hydroxyl groups excluding tert-OH is 1. The van der Waals surface area contributed by atoms with Crippen molar-refractivity contribution in [2.75, 3.05) is 6.61 Å². The first-order chi connectivity index (χ1) is 13.0. The van der Waals surface area contributed by atoms with Crippen molar-refractivity contribution in [3.05, 3.63) is 0 Å². The minimum absolute atomic E-state index is 0.0239. The summed E-state index contributed by atoms with van der Waals surface area (Å²) in [6.07, 6.45) is 3.48. The predicted octanol–water partition coefficient (Wildman–Crippen LogP) is 3.00. The Hall–Kier alpha value is -0.980. The molecule has 6 heteroatoms. The van der Waals surface area contributed by atoms with Gasteiger partial charge in [-0.25, -0.2) is 0 Å². The summed E-state index contributed by atoms with van der Waals surface area (Å²) < 4.78 is 18.0. The first kappa shape index (κ1) is 20.3. The second-order valence-electron chi connectivity index (χ2n) is 10.5. The van der Waals surface area contributed by atoms with Crippen LogP contribution in [-0.4, -0.2) is 47.1 Å². The molecule has 2 heterocycles. The zero-order valence-corrected chi connectivity index (χ0v) is 17.7. The van der Waals surface area contributed by atoms with E-state index in [9.17, 15) is 14.7 Å². The van der Waals surface area contributed by atoms with Gasteiger partial charge in [-0.05, 0) is 31.1 Å². The number of carbonyl (C=O) groups is 2. The molecule has 6 nitrogen and oxygen atoms in total. The normalized spacial score (nSPS) is 50.1. The Labute approximate surface area is 167 Å². The maximum atomic E-state index is 13.5. The van der Waals surface area contributed by atoms with Crippen molar-refractivity contribution in [1.82, 2.24) is 0 Å². The average molecular weight is 395 g/mol. The van der Waals surface area contributed by atoms with Crippen molar-refractivity contribution >= 4 is 11.8 Å². The molecular weight excluding hydrogens is 360 g/mol. The molecule has 0 radical (unpaired) electrons. The zero-order valence-electron chi connectivity index (χ0n) is 17.7. The van der Waals surface area contributed by atoms with Gasteiger partial charge in [-0.1, -0.05) is 34.1 Å². The summed E-state index contributed by atoms with van der Waals surface area (Å²) in [6.45, 7) is 10.3. The van der Waals surface area contributed by atoms with Crippen molar-refractivity contribution < 1.29 is 28.9 Å². The fourth-order valence-electron chi connectivity index (χ4n) is 7.28. The van der Waals surface area contributed by atoms with E-state index in [0.717, 1.165) is 32.1 Å². The van der Waals surface area contributed by atoms with E-state index in [0.29, 0.717) is 13.0 Å². The fraction of sp³-hybridized carbons (Fsp3) is 0.909. The highest BCUT2D eigenvalue weighted by molar-refractivity contribution is 5.90. The van der Waals surface area contributed by atoms with Crippen molar-refractivity contribution in [1.29, 1.82) is 0 Å². The minimum atomic E-state index is -0.801. The highest BCUT2D eigenvalue weighted by atomic mass is 16.6. The molecule has 2 spiro atoms. The first-order valence-electron chi connectivity index (χ1n) is 10.7. The van der Waals surface area contributed by atoms with Crippen LogP contribution in [0.2, 0.25) is 0 Å². The van der Waals surface area contributed by atoms with E-state index >= 15 is 0 Å². The lowest BCUT2D eigenvalue weighted by atomic mass is 9.43. The molecule has 4 fully saturated rings. The van der Waals surface area contributed by atoms with E-state index in [1.807, 2.05) is 6.92 Å². The van der Waals surface area contributed by atoms with Crippen LogP contribution in [-0.2, 0) is 23.8 Å². The Morgan fingerprint density at radius 3 is 2.50 bits per heavy atom. The number of carbonyl (C=O) groups excluding carboxylic acids is 2. The predicted molar refractivity (Wildman–Crippen MR) is 101 cm³/mol. The lowest BCUT2D eigenvalue weighted by Crippen LogP contribution is -2.70. The summed E-state index contributed by atoms with van der Waals surface area (Å²) in [5.41, 5.74) is -1.56. The highest BCUT2D eigenvalue weighted by Crippen LogP contribution is 2.67. The molecule has 4 aliphatic rings. The smallest absolute Gasteiger partial charge is 0.303 e. The van der Waals surface area contributed by atoms with E-state index in [4.69, 9.17) is 14.2 Å². The number of aliphatic hydroxyl groups is 1. The van der Waals surface area contributed by atoms with Crippen LogP contribution in [0.15, 0.2) is 0 Å². The molecule has 0 unspecified atom stereocenters. The number of ketones is 1. The Balaban J connectivity index is 1.80. The first-order valence-corrected chi connectivity index (χ1v) is 10.7. The van der Waals surface area contributed by atoms with Gasteiger partial charge in [-0.3, -0.25) is 9.59 Å². The van der Waals surface area contributed by atoms with Gasteiger partial charge in [0, 0.05) is 30.6 Å². The quantitative estimate of drug-likeness (QED) is 0.689. The second-order valence-corrected chi connectivity index (χ2v) is 10.5. The number of rotatable bonds is 1. The number of hydrogen-bond acceptors (Lipinski definition) is 6. The van der Waals surface area contributed by atoms with Crippen molar-refractivity contribution in [3.63, 3.8) is 0 Å². The third-order valence-corrected chi connectivity index (χ3v) is 8.45. The lowest BCUT2D eigenvalue weighted by Gasteiger charge is -2.64. The molecule has 2 saturated heterocycles. The topological polar surface area (TPSA) is 82.1 Å². The van der Waals surface area contributed by atoms with Crippen LogP contribution in [0.3, 0.4) is 0 Å². The molecule has 4 rings (SSSR count). The molecule has 0 aromatic heterocycles.